The Balaban J connectivity index is 1.41. The number of ether oxygens (including phenoxy) is 3. The molecule has 1 aromatic carbocycles. The molecule has 3 aromatic heterocycles. The van der Waals surface area contributed by atoms with E-state index >= 15 is 0 Å². The van der Waals surface area contributed by atoms with Crippen molar-refractivity contribution in [3.05, 3.63) is 70.8 Å². The molecular weight excluding hydrogens is 579 g/mol. The van der Waals surface area contributed by atoms with E-state index in [9.17, 15) is 14.0 Å². The zero-order chi connectivity index (χ0) is 31.9. The number of halogens is 1. The molecule has 4 heterocycles. The third-order valence-electron chi connectivity index (χ3n) is 7.77. The fraction of sp³-hybridized carbons (Fsp3) is 0.424. The quantitative estimate of drug-likeness (QED) is 0.231. The number of nitrogens with one attached hydrogen (secondary N) is 1. The van der Waals surface area contributed by atoms with E-state index in [2.05, 4.69) is 20.3 Å². The number of carbonyl (C=O) groups excluding carboxylic acids is 2. The standard InChI is InChI=1S/C33H37FN6O5/c1-6-43-30(41)28-29-25(23-14-35-19(2)13-20(23)17-39(21-7-8-21)32(42)45-33(3,4)5)16-37-31(40(29)18-38-28)36-15-24-22-11-12-44-27(22)10-9-26(24)34/h9-10,13-14,16,18,21H,6-8,11-12,15,17H2,1-5H3,(H,36,37). The molecule has 1 aliphatic carbocycles. The van der Waals surface area contributed by atoms with Crippen molar-refractivity contribution >= 4 is 23.5 Å². The lowest BCUT2D eigenvalue weighted by Gasteiger charge is -2.28. The molecule has 6 rings (SSSR count). The van der Waals surface area contributed by atoms with Gasteiger partial charge in [0.1, 0.15) is 23.5 Å². The van der Waals surface area contributed by atoms with Gasteiger partial charge in [-0.3, -0.25) is 9.38 Å². The Morgan fingerprint density at radius 3 is 2.67 bits per heavy atom. The summed E-state index contributed by atoms with van der Waals surface area (Å²) in [7, 11) is 0. The van der Waals surface area contributed by atoms with Gasteiger partial charge in [0, 0.05) is 59.3 Å². The lowest BCUT2D eigenvalue weighted by molar-refractivity contribution is 0.0216. The van der Waals surface area contributed by atoms with E-state index < -0.39 is 11.6 Å². The zero-order valence-electron chi connectivity index (χ0n) is 26.1. The molecular formula is C33H37FN6O5. The molecule has 236 valence electrons. The number of benzene rings is 1. The van der Waals surface area contributed by atoms with Crippen molar-refractivity contribution in [2.75, 3.05) is 18.5 Å². The molecule has 1 N–H and O–H groups in total. The van der Waals surface area contributed by atoms with Gasteiger partial charge in [-0.15, -0.1) is 0 Å². The van der Waals surface area contributed by atoms with Crippen molar-refractivity contribution < 1.29 is 28.2 Å². The molecule has 0 bridgehead atoms. The van der Waals surface area contributed by atoms with Crippen molar-refractivity contribution in [2.45, 2.75) is 78.6 Å². The highest BCUT2D eigenvalue weighted by atomic mass is 19.1. The minimum atomic E-state index is -0.637. The van der Waals surface area contributed by atoms with Gasteiger partial charge < -0.3 is 24.4 Å². The first-order chi connectivity index (χ1) is 21.5. The Kier molecular flexibility index (Phi) is 8.07. The van der Waals surface area contributed by atoms with Gasteiger partial charge in [-0.25, -0.2) is 23.9 Å². The third kappa shape index (κ3) is 6.27. The van der Waals surface area contributed by atoms with Crippen LogP contribution in [0.15, 0.2) is 36.9 Å². The van der Waals surface area contributed by atoms with Crippen LogP contribution in [0, 0.1) is 12.7 Å². The number of hydrogen-bond donors (Lipinski definition) is 1. The molecule has 1 fully saturated rings. The molecule has 0 radical (unpaired) electrons. The van der Waals surface area contributed by atoms with Crippen LogP contribution >= 0.6 is 0 Å². The maximum absolute atomic E-state index is 14.9. The van der Waals surface area contributed by atoms with Gasteiger partial charge in [-0.1, -0.05) is 0 Å². The molecule has 2 aliphatic rings. The number of pyridine rings is 1. The van der Waals surface area contributed by atoms with Crippen molar-refractivity contribution in [1.82, 2.24) is 24.3 Å². The second-order valence-electron chi connectivity index (χ2n) is 12.3. The highest BCUT2D eigenvalue weighted by Crippen LogP contribution is 2.36. The Morgan fingerprint density at radius 1 is 1.16 bits per heavy atom. The van der Waals surface area contributed by atoms with Crippen molar-refractivity contribution in [3.63, 3.8) is 0 Å². The highest BCUT2D eigenvalue weighted by Gasteiger charge is 2.36. The first-order valence-corrected chi connectivity index (χ1v) is 15.2. The fourth-order valence-corrected chi connectivity index (χ4v) is 5.59. The number of esters is 1. The third-order valence-corrected chi connectivity index (χ3v) is 7.77. The topological polar surface area (TPSA) is 120 Å². The number of carbonyl (C=O) groups is 2. The summed E-state index contributed by atoms with van der Waals surface area (Å²) in [5, 5.41) is 3.23. The summed E-state index contributed by atoms with van der Waals surface area (Å²) in [5.41, 5.74) is 4.13. The molecule has 11 nitrogen and oxygen atoms in total. The molecule has 1 aliphatic heterocycles. The lowest BCUT2D eigenvalue weighted by atomic mass is 10.0. The fourth-order valence-electron chi connectivity index (χ4n) is 5.59. The maximum Gasteiger partial charge on any atom is 0.410 e. The van der Waals surface area contributed by atoms with Crippen LogP contribution in [-0.4, -0.2) is 61.2 Å². The molecule has 12 heteroatoms. The summed E-state index contributed by atoms with van der Waals surface area (Å²) in [6.07, 6.45) is 6.90. The van der Waals surface area contributed by atoms with Crippen LogP contribution in [0.3, 0.4) is 0 Å². The summed E-state index contributed by atoms with van der Waals surface area (Å²) < 4.78 is 33.3. The average molecular weight is 617 g/mol. The van der Waals surface area contributed by atoms with Gasteiger partial charge in [-0.05, 0) is 71.2 Å². The van der Waals surface area contributed by atoms with Gasteiger partial charge in [-0.2, -0.15) is 0 Å². The van der Waals surface area contributed by atoms with E-state index in [1.807, 2.05) is 33.8 Å². The lowest BCUT2D eigenvalue weighted by Crippen LogP contribution is -2.38. The van der Waals surface area contributed by atoms with Crippen molar-refractivity contribution in [3.8, 4) is 16.9 Å². The summed E-state index contributed by atoms with van der Waals surface area (Å²) in [6.45, 7) is 10.3. The average Bonchev–Trinajstić information content (AvgIpc) is 3.52. The van der Waals surface area contributed by atoms with Crippen LogP contribution < -0.4 is 10.1 Å². The Hall–Kier alpha value is -4.74. The second-order valence-corrected chi connectivity index (χ2v) is 12.3. The van der Waals surface area contributed by atoms with E-state index in [1.165, 1.54) is 12.4 Å². The number of rotatable bonds is 9. The second kappa shape index (κ2) is 12.0. The minimum absolute atomic E-state index is 0.0844. The number of nitrogens with zero attached hydrogens (tertiary/aromatic N) is 5. The molecule has 0 atom stereocenters. The summed E-state index contributed by atoms with van der Waals surface area (Å²) in [4.78, 5) is 41.8. The van der Waals surface area contributed by atoms with Crippen molar-refractivity contribution in [1.29, 1.82) is 0 Å². The number of imidazole rings is 1. The number of aromatic nitrogens is 4. The Morgan fingerprint density at radius 2 is 1.93 bits per heavy atom. The Bertz CT molecular complexity index is 1780. The minimum Gasteiger partial charge on any atom is -0.493 e. The van der Waals surface area contributed by atoms with Crippen LogP contribution in [0.1, 0.15) is 73.4 Å². The number of hydrogen-bond acceptors (Lipinski definition) is 9. The predicted molar refractivity (Wildman–Crippen MR) is 165 cm³/mol. The van der Waals surface area contributed by atoms with Crippen LogP contribution in [0.25, 0.3) is 16.6 Å². The number of anilines is 1. The molecule has 0 unspecified atom stereocenters. The van der Waals surface area contributed by atoms with Crippen LogP contribution in [0.2, 0.25) is 0 Å². The van der Waals surface area contributed by atoms with Crippen LogP contribution in [-0.2, 0) is 29.0 Å². The van der Waals surface area contributed by atoms with E-state index in [1.54, 1.807) is 34.7 Å². The molecule has 45 heavy (non-hydrogen) atoms. The predicted octanol–water partition coefficient (Wildman–Crippen LogP) is 5.86. The van der Waals surface area contributed by atoms with E-state index in [4.69, 9.17) is 14.2 Å². The molecule has 0 spiro atoms. The van der Waals surface area contributed by atoms with Gasteiger partial charge in [0.15, 0.2) is 5.69 Å². The largest absolute Gasteiger partial charge is 0.493 e. The zero-order valence-corrected chi connectivity index (χ0v) is 26.1. The van der Waals surface area contributed by atoms with Crippen LogP contribution in [0.4, 0.5) is 15.1 Å². The summed E-state index contributed by atoms with van der Waals surface area (Å²) >= 11 is 0. The van der Waals surface area contributed by atoms with E-state index in [0.29, 0.717) is 46.9 Å². The number of amides is 1. The normalized spacial score (nSPS) is 14.2. The van der Waals surface area contributed by atoms with Crippen molar-refractivity contribution in [2.24, 2.45) is 0 Å². The number of aryl methyl sites for hydroxylation is 1. The molecule has 1 saturated carbocycles. The summed E-state index contributed by atoms with van der Waals surface area (Å²) in [5.74, 6) is 0.123. The van der Waals surface area contributed by atoms with Crippen LogP contribution in [0.5, 0.6) is 5.75 Å². The molecule has 4 aromatic rings. The van der Waals surface area contributed by atoms with Gasteiger partial charge in [0.25, 0.3) is 0 Å². The first kappa shape index (κ1) is 30.3. The monoisotopic (exact) mass is 616 g/mol. The summed E-state index contributed by atoms with van der Waals surface area (Å²) in [6, 6.07) is 5.06. The van der Waals surface area contributed by atoms with E-state index in [-0.39, 0.29) is 43.3 Å². The molecule has 0 saturated heterocycles. The molecule has 1 amide bonds. The van der Waals surface area contributed by atoms with Gasteiger partial charge in [0.2, 0.25) is 5.95 Å². The smallest absolute Gasteiger partial charge is 0.410 e. The first-order valence-electron chi connectivity index (χ1n) is 15.2. The van der Waals surface area contributed by atoms with Gasteiger partial charge >= 0.3 is 12.1 Å². The highest BCUT2D eigenvalue weighted by molar-refractivity contribution is 6.00. The maximum atomic E-state index is 14.9. The van der Waals surface area contributed by atoms with E-state index in [0.717, 1.165) is 29.7 Å². The Labute approximate surface area is 260 Å². The number of fused-ring (bicyclic) bond motifs is 2. The SMILES string of the molecule is CCOC(=O)c1ncn2c(NCc3c(F)ccc4c3CCO4)ncc(-c3cnc(C)cc3CN(C(=O)OC(C)(C)C)C3CC3)c12. The van der Waals surface area contributed by atoms with Gasteiger partial charge in [0.05, 0.1) is 25.3 Å².